The second kappa shape index (κ2) is 7.83. The number of hydrogen-bond donors (Lipinski definition) is 1. The lowest BCUT2D eigenvalue weighted by Gasteiger charge is -2.45. The number of rotatable bonds is 5. The van der Waals surface area contributed by atoms with Gasteiger partial charge in [0.1, 0.15) is 11.9 Å². The lowest BCUT2D eigenvalue weighted by Crippen LogP contribution is -2.61. The Morgan fingerprint density at radius 1 is 1.31 bits per heavy atom. The monoisotopic (exact) mass is 443 g/mol. The molecule has 32 heavy (non-hydrogen) atoms. The standard InChI is InChI=1S/C24H33N3O5/c1-4-30-19-11-17(10-18-9-16(2)31-21(18)19)13-26-14-24(15-26)12-20(25-32-24)27-7-5-23(3,6-8-27)22(28)29/h10-11,16H,4-9,12-15H2,1-3H3,(H,28,29). The number of benzene rings is 1. The van der Waals surface area contributed by atoms with E-state index in [0.29, 0.717) is 19.4 Å². The summed E-state index contributed by atoms with van der Waals surface area (Å²) in [4.78, 5) is 22.0. The highest BCUT2D eigenvalue weighted by Gasteiger charge is 2.51. The smallest absolute Gasteiger partial charge is 0.309 e. The molecule has 0 radical (unpaired) electrons. The maximum Gasteiger partial charge on any atom is 0.309 e. The lowest BCUT2D eigenvalue weighted by molar-refractivity contribution is -0.150. The molecule has 2 saturated heterocycles. The van der Waals surface area contributed by atoms with E-state index in [2.05, 4.69) is 34.0 Å². The van der Waals surface area contributed by atoms with E-state index < -0.39 is 11.4 Å². The zero-order valence-electron chi connectivity index (χ0n) is 19.2. The van der Waals surface area contributed by atoms with Crippen molar-refractivity contribution in [2.24, 2.45) is 10.6 Å². The molecule has 4 aliphatic heterocycles. The summed E-state index contributed by atoms with van der Waals surface area (Å²) in [5.74, 6) is 2.02. The summed E-state index contributed by atoms with van der Waals surface area (Å²) in [7, 11) is 0. The van der Waals surface area contributed by atoms with Crippen LogP contribution in [0.4, 0.5) is 0 Å². The molecule has 4 heterocycles. The van der Waals surface area contributed by atoms with Crippen LogP contribution in [0.15, 0.2) is 17.3 Å². The Morgan fingerprint density at radius 3 is 2.75 bits per heavy atom. The molecular weight excluding hydrogens is 410 g/mol. The van der Waals surface area contributed by atoms with Gasteiger partial charge in [0.15, 0.2) is 17.1 Å². The van der Waals surface area contributed by atoms with Gasteiger partial charge in [0.05, 0.1) is 18.4 Å². The number of aliphatic carboxylic acids is 1. The Bertz CT molecular complexity index is 932. The summed E-state index contributed by atoms with van der Waals surface area (Å²) in [6.45, 7) is 10.5. The number of carbonyl (C=O) groups is 1. The molecule has 8 nitrogen and oxygen atoms in total. The zero-order chi connectivity index (χ0) is 22.5. The molecular formula is C24H33N3O5. The molecule has 8 heteroatoms. The summed E-state index contributed by atoms with van der Waals surface area (Å²) in [5.41, 5.74) is 1.61. The van der Waals surface area contributed by atoms with E-state index in [-0.39, 0.29) is 11.7 Å². The van der Waals surface area contributed by atoms with Crippen LogP contribution in [0.1, 0.15) is 51.2 Å². The van der Waals surface area contributed by atoms with Crippen molar-refractivity contribution in [2.75, 3.05) is 32.8 Å². The van der Waals surface area contributed by atoms with Crippen LogP contribution in [0.25, 0.3) is 0 Å². The summed E-state index contributed by atoms with van der Waals surface area (Å²) < 4.78 is 11.8. The van der Waals surface area contributed by atoms with Gasteiger partial charge in [-0.3, -0.25) is 9.69 Å². The summed E-state index contributed by atoms with van der Waals surface area (Å²) in [5, 5.41) is 13.8. The van der Waals surface area contributed by atoms with Gasteiger partial charge in [-0.15, -0.1) is 0 Å². The van der Waals surface area contributed by atoms with Crippen LogP contribution in [-0.4, -0.2) is 71.2 Å². The van der Waals surface area contributed by atoms with Crippen LogP contribution < -0.4 is 9.47 Å². The number of carboxylic acid groups (broad SMARTS) is 1. The van der Waals surface area contributed by atoms with Gasteiger partial charge >= 0.3 is 5.97 Å². The summed E-state index contributed by atoms with van der Waals surface area (Å²) in [6.07, 6.45) is 3.20. The molecule has 1 spiro atoms. The van der Waals surface area contributed by atoms with Gasteiger partial charge in [0.2, 0.25) is 0 Å². The molecule has 1 aromatic rings. The first-order valence-electron chi connectivity index (χ1n) is 11.7. The first-order valence-corrected chi connectivity index (χ1v) is 11.7. The van der Waals surface area contributed by atoms with E-state index in [4.69, 9.17) is 14.3 Å². The minimum atomic E-state index is -0.701. The molecule has 1 aromatic carbocycles. The highest BCUT2D eigenvalue weighted by atomic mass is 16.7. The van der Waals surface area contributed by atoms with Gasteiger partial charge < -0.3 is 24.3 Å². The van der Waals surface area contributed by atoms with Gasteiger partial charge in [-0.1, -0.05) is 11.2 Å². The maximum absolute atomic E-state index is 11.5. The minimum Gasteiger partial charge on any atom is -0.490 e. The number of ether oxygens (including phenoxy) is 2. The fourth-order valence-corrected chi connectivity index (χ4v) is 5.37. The highest BCUT2D eigenvalue weighted by molar-refractivity contribution is 5.85. The maximum atomic E-state index is 11.5. The van der Waals surface area contributed by atoms with Crippen molar-refractivity contribution >= 4 is 11.8 Å². The van der Waals surface area contributed by atoms with E-state index in [0.717, 1.165) is 62.9 Å². The molecule has 0 bridgehead atoms. The molecule has 1 unspecified atom stereocenters. The number of amidine groups is 1. The van der Waals surface area contributed by atoms with E-state index in [1.165, 1.54) is 11.1 Å². The van der Waals surface area contributed by atoms with Crippen LogP contribution in [0.3, 0.4) is 0 Å². The van der Waals surface area contributed by atoms with E-state index in [1.54, 1.807) is 0 Å². The van der Waals surface area contributed by atoms with Crippen molar-refractivity contribution in [2.45, 2.75) is 64.7 Å². The minimum absolute atomic E-state index is 0.192. The number of carboxylic acids is 1. The van der Waals surface area contributed by atoms with E-state index >= 15 is 0 Å². The third-order valence-corrected chi connectivity index (χ3v) is 7.32. The Balaban J connectivity index is 1.16. The Labute approximate surface area is 189 Å². The van der Waals surface area contributed by atoms with Crippen molar-refractivity contribution < 1.29 is 24.2 Å². The molecule has 0 aromatic heterocycles. The molecule has 2 fully saturated rings. The molecule has 5 rings (SSSR count). The number of piperidine rings is 1. The van der Waals surface area contributed by atoms with Gasteiger partial charge in [-0.25, -0.2) is 0 Å². The van der Waals surface area contributed by atoms with Gasteiger partial charge in [0, 0.05) is 44.7 Å². The normalized spacial score (nSPS) is 25.5. The predicted octanol–water partition coefficient (Wildman–Crippen LogP) is 2.88. The first-order chi connectivity index (χ1) is 15.3. The Morgan fingerprint density at radius 2 is 2.06 bits per heavy atom. The molecule has 0 saturated carbocycles. The third-order valence-electron chi connectivity index (χ3n) is 7.32. The van der Waals surface area contributed by atoms with Crippen molar-refractivity contribution in [1.82, 2.24) is 9.80 Å². The second-order valence-corrected chi connectivity index (χ2v) is 10.1. The van der Waals surface area contributed by atoms with Crippen LogP contribution >= 0.6 is 0 Å². The third kappa shape index (κ3) is 3.78. The highest BCUT2D eigenvalue weighted by Crippen LogP contribution is 2.41. The number of fused-ring (bicyclic) bond motifs is 1. The molecule has 0 amide bonds. The Kier molecular flexibility index (Phi) is 5.23. The average Bonchev–Trinajstić information content (AvgIpc) is 3.32. The van der Waals surface area contributed by atoms with Crippen LogP contribution in [0.5, 0.6) is 11.5 Å². The van der Waals surface area contributed by atoms with Crippen molar-refractivity contribution in [1.29, 1.82) is 0 Å². The van der Waals surface area contributed by atoms with Gasteiger partial charge in [-0.2, -0.15) is 0 Å². The van der Waals surface area contributed by atoms with E-state index in [9.17, 15) is 9.90 Å². The molecule has 1 atom stereocenters. The lowest BCUT2D eigenvalue weighted by atomic mass is 9.80. The fraction of sp³-hybridized carbons (Fsp3) is 0.667. The topological polar surface area (TPSA) is 83.8 Å². The Hall–Kier alpha value is -2.48. The van der Waals surface area contributed by atoms with Gasteiger partial charge in [-0.05, 0) is 45.2 Å². The van der Waals surface area contributed by atoms with Crippen molar-refractivity contribution in [3.8, 4) is 11.5 Å². The largest absolute Gasteiger partial charge is 0.490 e. The number of nitrogens with zero attached hydrogens (tertiary/aromatic N) is 3. The quantitative estimate of drug-likeness (QED) is 0.749. The van der Waals surface area contributed by atoms with Crippen LogP contribution in [-0.2, 0) is 22.6 Å². The molecule has 0 aliphatic carbocycles. The zero-order valence-corrected chi connectivity index (χ0v) is 19.2. The molecule has 174 valence electrons. The number of oxime groups is 1. The fourth-order valence-electron chi connectivity index (χ4n) is 5.37. The van der Waals surface area contributed by atoms with Crippen LogP contribution in [0, 0.1) is 5.41 Å². The van der Waals surface area contributed by atoms with Crippen molar-refractivity contribution in [3.63, 3.8) is 0 Å². The van der Waals surface area contributed by atoms with E-state index in [1.807, 2.05) is 13.8 Å². The van der Waals surface area contributed by atoms with Crippen LogP contribution in [0.2, 0.25) is 0 Å². The predicted molar refractivity (Wildman–Crippen MR) is 119 cm³/mol. The van der Waals surface area contributed by atoms with Crippen molar-refractivity contribution in [3.05, 3.63) is 23.3 Å². The SMILES string of the molecule is CCOc1cc(CN2CC3(CC(N4CCC(C)(C(=O)O)CC4)=NO3)C2)cc2c1OC(C)C2. The number of likely N-dealkylation sites (tertiary alicyclic amines) is 2. The molecule has 4 aliphatic rings. The first kappa shape index (κ1) is 21.4. The average molecular weight is 444 g/mol. The van der Waals surface area contributed by atoms with Gasteiger partial charge in [0.25, 0.3) is 0 Å². The second-order valence-electron chi connectivity index (χ2n) is 10.1. The number of hydrogen-bond acceptors (Lipinski definition) is 7. The molecule has 1 N–H and O–H groups in total. The summed E-state index contributed by atoms with van der Waals surface area (Å²) >= 11 is 0. The summed E-state index contributed by atoms with van der Waals surface area (Å²) in [6, 6.07) is 4.35.